The Kier molecular flexibility index (Phi) is 5.27. The highest BCUT2D eigenvalue weighted by Gasteiger charge is 2.35. The lowest BCUT2D eigenvalue weighted by molar-refractivity contribution is 0.0919. The van der Waals surface area contributed by atoms with Crippen molar-refractivity contribution in [1.29, 1.82) is 0 Å². The van der Waals surface area contributed by atoms with Gasteiger partial charge in [-0.1, -0.05) is 42.5 Å². The number of hydrogen-bond donors (Lipinski definition) is 1. The lowest BCUT2D eigenvalue weighted by Gasteiger charge is -2.39. The van der Waals surface area contributed by atoms with Gasteiger partial charge in [-0.25, -0.2) is 9.37 Å². The summed E-state index contributed by atoms with van der Waals surface area (Å²) in [7, 11) is 1.60. The molecular formula is C23H22FN3O2. The van der Waals surface area contributed by atoms with Crippen LogP contribution in [0, 0.1) is 12.7 Å². The summed E-state index contributed by atoms with van der Waals surface area (Å²) in [6.07, 6.45) is -0.458. The molecule has 2 heterocycles. The van der Waals surface area contributed by atoms with E-state index in [1.165, 1.54) is 12.1 Å². The molecule has 1 aliphatic heterocycles. The van der Waals surface area contributed by atoms with Crippen LogP contribution >= 0.6 is 0 Å². The van der Waals surface area contributed by atoms with E-state index in [0.717, 1.165) is 22.4 Å². The number of amides is 1. The third kappa shape index (κ3) is 3.84. The normalized spacial score (nSPS) is 15.8. The first-order valence-electron chi connectivity index (χ1n) is 9.43. The summed E-state index contributed by atoms with van der Waals surface area (Å²) in [6.45, 7) is 2.76. The Morgan fingerprint density at radius 2 is 1.86 bits per heavy atom. The molecule has 3 aromatic rings. The Morgan fingerprint density at radius 3 is 2.55 bits per heavy atom. The van der Waals surface area contributed by atoms with E-state index in [-0.39, 0.29) is 11.7 Å². The van der Waals surface area contributed by atoms with Crippen molar-refractivity contribution in [3.8, 4) is 0 Å². The first-order chi connectivity index (χ1) is 14.1. The molecule has 0 aliphatic carbocycles. The van der Waals surface area contributed by atoms with E-state index in [1.54, 1.807) is 19.2 Å². The number of carbonyl (C=O) groups excluding carboxylic acids is 1. The molecule has 1 N–H and O–H groups in total. The van der Waals surface area contributed by atoms with Crippen molar-refractivity contribution in [2.24, 2.45) is 0 Å². The minimum absolute atomic E-state index is 0.210. The highest BCUT2D eigenvalue weighted by molar-refractivity contribution is 6.02. The SMILES string of the molecule is COCc1cc(C)nc2c1C(=O)NC(c1ccc(F)cc1)N2Cc1ccccc1. The van der Waals surface area contributed by atoms with Crippen LogP contribution in [0.2, 0.25) is 0 Å². The Morgan fingerprint density at radius 1 is 1.14 bits per heavy atom. The number of hydrogen-bond acceptors (Lipinski definition) is 4. The van der Waals surface area contributed by atoms with Crippen LogP contribution in [0.15, 0.2) is 60.7 Å². The second-order valence-corrected chi connectivity index (χ2v) is 7.10. The molecule has 0 saturated carbocycles. The van der Waals surface area contributed by atoms with Gasteiger partial charge in [0.15, 0.2) is 0 Å². The van der Waals surface area contributed by atoms with E-state index in [1.807, 2.05) is 48.2 Å². The number of fused-ring (bicyclic) bond motifs is 1. The number of rotatable bonds is 5. The van der Waals surface area contributed by atoms with Crippen LogP contribution in [0.25, 0.3) is 0 Å². The van der Waals surface area contributed by atoms with E-state index < -0.39 is 6.17 Å². The maximum atomic E-state index is 13.5. The quantitative estimate of drug-likeness (QED) is 0.711. The number of nitrogens with zero attached hydrogens (tertiary/aromatic N) is 2. The molecule has 0 saturated heterocycles. The molecule has 1 amide bonds. The van der Waals surface area contributed by atoms with E-state index in [2.05, 4.69) is 5.32 Å². The average molecular weight is 391 g/mol. The van der Waals surface area contributed by atoms with Crippen LogP contribution in [-0.4, -0.2) is 18.0 Å². The van der Waals surface area contributed by atoms with Crippen LogP contribution < -0.4 is 10.2 Å². The van der Waals surface area contributed by atoms with Crippen molar-refractivity contribution in [3.63, 3.8) is 0 Å². The monoisotopic (exact) mass is 391 g/mol. The molecule has 0 bridgehead atoms. The van der Waals surface area contributed by atoms with Gasteiger partial charge in [0.2, 0.25) is 0 Å². The van der Waals surface area contributed by atoms with Crippen molar-refractivity contribution >= 4 is 11.7 Å². The Bertz CT molecular complexity index is 1020. The van der Waals surface area contributed by atoms with Gasteiger partial charge in [-0.2, -0.15) is 0 Å². The van der Waals surface area contributed by atoms with Crippen molar-refractivity contribution in [1.82, 2.24) is 10.3 Å². The molecule has 148 valence electrons. The summed E-state index contributed by atoms with van der Waals surface area (Å²) in [5.74, 6) is 0.0828. The minimum Gasteiger partial charge on any atom is -0.380 e. The number of nitrogens with one attached hydrogen (secondary N) is 1. The summed E-state index contributed by atoms with van der Waals surface area (Å²) >= 11 is 0. The fourth-order valence-corrected chi connectivity index (χ4v) is 3.70. The summed E-state index contributed by atoms with van der Waals surface area (Å²) < 4.78 is 18.8. The van der Waals surface area contributed by atoms with Gasteiger partial charge < -0.3 is 15.0 Å². The zero-order valence-electron chi connectivity index (χ0n) is 16.4. The fraction of sp³-hybridized carbons (Fsp3) is 0.217. The van der Waals surface area contributed by atoms with Gasteiger partial charge in [0.25, 0.3) is 5.91 Å². The van der Waals surface area contributed by atoms with Crippen molar-refractivity contribution in [3.05, 3.63) is 94.4 Å². The number of ether oxygens (including phenoxy) is 1. The standard InChI is InChI=1S/C23H22FN3O2/c1-15-12-18(14-29-2)20-22(25-15)27(13-16-6-4-3-5-7-16)21(26-23(20)28)17-8-10-19(24)11-9-17/h3-12,21H,13-14H2,1-2H3,(H,26,28). The highest BCUT2D eigenvalue weighted by atomic mass is 19.1. The van der Waals surface area contributed by atoms with Crippen LogP contribution in [0.4, 0.5) is 10.2 Å². The van der Waals surface area contributed by atoms with Gasteiger partial charge in [-0.15, -0.1) is 0 Å². The van der Waals surface area contributed by atoms with Gasteiger partial charge in [-0.05, 0) is 41.8 Å². The van der Waals surface area contributed by atoms with Crippen molar-refractivity contribution in [2.45, 2.75) is 26.2 Å². The molecule has 0 radical (unpaired) electrons. The number of aryl methyl sites for hydroxylation is 1. The zero-order valence-corrected chi connectivity index (χ0v) is 16.4. The molecule has 5 nitrogen and oxygen atoms in total. The number of aromatic nitrogens is 1. The van der Waals surface area contributed by atoms with Gasteiger partial charge in [-0.3, -0.25) is 4.79 Å². The summed E-state index contributed by atoms with van der Waals surface area (Å²) in [5.41, 5.74) is 3.99. The molecule has 0 fully saturated rings. The van der Waals surface area contributed by atoms with Crippen molar-refractivity contribution < 1.29 is 13.9 Å². The lowest BCUT2D eigenvalue weighted by atomic mass is 10.0. The number of carbonyl (C=O) groups is 1. The van der Waals surface area contributed by atoms with Crippen LogP contribution in [0.3, 0.4) is 0 Å². The molecule has 1 atom stereocenters. The number of anilines is 1. The Hall–Kier alpha value is -3.25. The van der Waals surface area contributed by atoms with E-state index in [9.17, 15) is 9.18 Å². The van der Waals surface area contributed by atoms with Gasteiger partial charge in [0.05, 0.1) is 12.2 Å². The molecule has 2 aromatic carbocycles. The molecule has 6 heteroatoms. The molecular weight excluding hydrogens is 369 g/mol. The second-order valence-electron chi connectivity index (χ2n) is 7.10. The third-order valence-corrected chi connectivity index (χ3v) is 4.97. The number of methoxy groups -OCH3 is 1. The average Bonchev–Trinajstić information content (AvgIpc) is 2.71. The molecule has 29 heavy (non-hydrogen) atoms. The highest BCUT2D eigenvalue weighted by Crippen LogP contribution is 2.35. The first-order valence-corrected chi connectivity index (χ1v) is 9.43. The maximum absolute atomic E-state index is 13.5. The number of halogens is 1. The van der Waals surface area contributed by atoms with E-state index in [4.69, 9.17) is 9.72 Å². The van der Waals surface area contributed by atoms with E-state index >= 15 is 0 Å². The molecule has 1 aromatic heterocycles. The summed E-state index contributed by atoms with van der Waals surface area (Å²) in [4.78, 5) is 19.8. The maximum Gasteiger partial charge on any atom is 0.257 e. The molecule has 1 unspecified atom stereocenters. The smallest absolute Gasteiger partial charge is 0.257 e. The van der Waals surface area contributed by atoms with Crippen molar-refractivity contribution in [2.75, 3.05) is 12.0 Å². The predicted octanol–water partition coefficient (Wildman–Crippen LogP) is 4.12. The van der Waals surface area contributed by atoms with Crippen LogP contribution in [0.1, 0.15) is 38.9 Å². The summed E-state index contributed by atoms with van der Waals surface area (Å²) in [5, 5.41) is 3.07. The van der Waals surface area contributed by atoms with Crippen LogP contribution in [0.5, 0.6) is 0 Å². The fourth-order valence-electron chi connectivity index (χ4n) is 3.70. The lowest BCUT2D eigenvalue weighted by Crippen LogP contribution is -2.47. The number of pyridine rings is 1. The van der Waals surface area contributed by atoms with Gasteiger partial charge in [0.1, 0.15) is 17.8 Å². The van der Waals surface area contributed by atoms with E-state index in [0.29, 0.717) is 24.5 Å². The molecule has 0 spiro atoms. The van der Waals surface area contributed by atoms with Gasteiger partial charge in [0, 0.05) is 19.3 Å². The Labute approximate surface area is 169 Å². The van der Waals surface area contributed by atoms with Gasteiger partial charge >= 0.3 is 0 Å². The van der Waals surface area contributed by atoms with Crippen LogP contribution in [-0.2, 0) is 17.9 Å². The number of benzene rings is 2. The molecule has 4 rings (SSSR count). The minimum atomic E-state index is -0.458. The zero-order chi connectivity index (χ0) is 20.4. The first kappa shape index (κ1) is 19.1. The topological polar surface area (TPSA) is 54.5 Å². The third-order valence-electron chi connectivity index (χ3n) is 4.97. The Balaban J connectivity index is 1.85. The largest absolute Gasteiger partial charge is 0.380 e. The molecule has 1 aliphatic rings. The second kappa shape index (κ2) is 8.01. The predicted molar refractivity (Wildman–Crippen MR) is 109 cm³/mol. The summed E-state index contributed by atoms with van der Waals surface area (Å²) in [6, 6.07) is 18.0.